The predicted molar refractivity (Wildman–Crippen MR) is 57.6 cm³/mol. The van der Waals surface area contributed by atoms with E-state index in [0.717, 1.165) is 38.1 Å². The number of nitrogens with zero attached hydrogens (tertiary/aromatic N) is 3. The number of hydrogen-bond acceptors (Lipinski definition) is 4. The molecule has 2 aliphatic rings. The van der Waals surface area contributed by atoms with E-state index < -0.39 is 12.0 Å². The van der Waals surface area contributed by atoms with Crippen LogP contribution in [0.4, 0.5) is 0 Å². The Morgan fingerprint density at radius 2 is 2.24 bits per heavy atom. The van der Waals surface area contributed by atoms with Gasteiger partial charge in [-0.15, -0.1) is 10.2 Å². The third-order valence-electron chi connectivity index (χ3n) is 3.49. The summed E-state index contributed by atoms with van der Waals surface area (Å²) in [6.07, 6.45) is 4.16. The summed E-state index contributed by atoms with van der Waals surface area (Å²) in [5, 5.41) is 17.5. The molecule has 1 saturated heterocycles. The molecule has 1 aromatic heterocycles. The molecule has 2 unspecified atom stereocenters. The van der Waals surface area contributed by atoms with E-state index in [2.05, 4.69) is 10.2 Å². The Morgan fingerprint density at radius 1 is 1.35 bits per heavy atom. The SMILES string of the molecule is O=C(O)C1CCCc2nnc(C3CCCO3)n21. The number of carboxylic acids is 1. The summed E-state index contributed by atoms with van der Waals surface area (Å²) in [5.74, 6) is 0.684. The summed E-state index contributed by atoms with van der Waals surface area (Å²) < 4.78 is 7.35. The van der Waals surface area contributed by atoms with Crippen molar-refractivity contribution in [1.29, 1.82) is 0 Å². The fraction of sp³-hybridized carbons (Fsp3) is 0.727. The topological polar surface area (TPSA) is 77.2 Å². The molecule has 1 aromatic rings. The van der Waals surface area contributed by atoms with Crippen LogP contribution in [0.15, 0.2) is 0 Å². The Labute approximate surface area is 98.6 Å². The number of aryl methyl sites for hydroxylation is 1. The Bertz CT molecular complexity index is 437. The first-order valence-electron chi connectivity index (χ1n) is 6.05. The molecule has 0 amide bonds. The molecular formula is C11H15N3O3. The summed E-state index contributed by atoms with van der Waals surface area (Å²) in [5.41, 5.74) is 0. The molecule has 92 valence electrons. The largest absolute Gasteiger partial charge is 0.480 e. The van der Waals surface area contributed by atoms with E-state index >= 15 is 0 Å². The van der Waals surface area contributed by atoms with E-state index in [9.17, 15) is 9.90 Å². The lowest BCUT2D eigenvalue weighted by molar-refractivity contribution is -0.141. The van der Waals surface area contributed by atoms with Gasteiger partial charge in [-0.05, 0) is 25.7 Å². The number of fused-ring (bicyclic) bond motifs is 1. The Morgan fingerprint density at radius 3 is 2.94 bits per heavy atom. The number of rotatable bonds is 2. The molecule has 0 radical (unpaired) electrons. The summed E-state index contributed by atoms with van der Waals surface area (Å²) in [4.78, 5) is 11.3. The Kier molecular flexibility index (Phi) is 2.58. The van der Waals surface area contributed by atoms with Crippen molar-refractivity contribution in [3.8, 4) is 0 Å². The lowest BCUT2D eigenvalue weighted by Crippen LogP contribution is -2.27. The summed E-state index contributed by atoms with van der Waals surface area (Å²) in [6.45, 7) is 0.727. The van der Waals surface area contributed by atoms with Crippen molar-refractivity contribution >= 4 is 5.97 Å². The van der Waals surface area contributed by atoms with Crippen molar-refractivity contribution in [3.05, 3.63) is 11.6 Å². The van der Waals surface area contributed by atoms with Crippen LogP contribution in [0.1, 0.15) is 49.5 Å². The lowest BCUT2D eigenvalue weighted by Gasteiger charge is -2.23. The number of aliphatic carboxylic acids is 1. The number of carboxylic acid groups (broad SMARTS) is 1. The third kappa shape index (κ3) is 1.72. The van der Waals surface area contributed by atoms with Crippen LogP contribution in [0.2, 0.25) is 0 Å². The first-order chi connectivity index (χ1) is 8.27. The van der Waals surface area contributed by atoms with Gasteiger partial charge in [0.05, 0.1) is 0 Å². The van der Waals surface area contributed by atoms with E-state index in [0.29, 0.717) is 12.2 Å². The van der Waals surface area contributed by atoms with Crippen molar-refractivity contribution in [2.24, 2.45) is 0 Å². The van der Waals surface area contributed by atoms with Gasteiger partial charge in [-0.1, -0.05) is 0 Å². The number of ether oxygens (including phenoxy) is 1. The average molecular weight is 237 g/mol. The molecule has 0 saturated carbocycles. The maximum Gasteiger partial charge on any atom is 0.326 e. The zero-order valence-corrected chi connectivity index (χ0v) is 9.50. The zero-order valence-electron chi connectivity index (χ0n) is 9.50. The van der Waals surface area contributed by atoms with Gasteiger partial charge in [-0.25, -0.2) is 4.79 Å². The molecule has 0 aromatic carbocycles. The van der Waals surface area contributed by atoms with Gasteiger partial charge in [-0.3, -0.25) is 4.57 Å². The maximum atomic E-state index is 11.3. The van der Waals surface area contributed by atoms with Gasteiger partial charge in [0, 0.05) is 13.0 Å². The second-order valence-corrected chi connectivity index (χ2v) is 4.59. The molecule has 1 N–H and O–H groups in total. The molecule has 0 spiro atoms. The Balaban J connectivity index is 2.00. The van der Waals surface area contributed by atoms with E-state index in [-0.39, 0.29) is 6.10 Å². The van der Waals surface area contributed by atoms with Crippen LogP contribution in [0.25, 0.3) is 0 Å². The van der Waals surface area contributed by atoms with Crippen LogP contribution < -0.4 is 0 Å². The molecule has 1 fully saturated rings. The molecule has 6 nitrogen and oxygen atoms in total. The van der Waals surface area contributed by atoms with Gasteiger partial charge in [0.15, 0.2) is 5.82 Å². The predicted octanol–water partition coefficient (Wildman–Crippen LogP) is 1.09. The minimum absolute atomic E-state index is 0.0730. The van der Waals surface area contributed by atoms with Crippen LogP contribution in [-0.2, 0) is 16.0 Å². The van der Waals surface area contributed by atoms with Crippen LogP contribution in [-0.4, -0.2) is 32.4 Å². The van der Waals surface area contributed by atoms with Gasteiger partial charge in [-0.2, -0.15) is 0 Å². The third-order valence-corrected chi connectivity index (χ3v) is 3.49. The summed E-state index contributed by atoms with van der Waals surface area (Å²) >= 11 is 0. The van der Waals surface area contributed by atoms with Crippen LogP contribution in [0.5, 0.6) is 0 Å². The normalized spacial score (nSPS) is 28.0. The second kappa shape index (κ2) is 4.10. The van der Waals surface area contributed by atoms with Gasteiger partial charge in [0.25, 0.3) is 0 Å². The molecule has 6 heteroatoms. The summed E-state index contributed by atoms with van der Waals surface area (Å²) in [7, 11) is 0. The van der Waals surface area contributed by atoms with Gasteiger partial charge >= 0.3 is 5.97 Å². The molecule has 2 atom stereocenters. The first kappa shape index (κ1) is 10.7. The highest BCUT2D eigenvalue weighted by Crippen LogP contribution is 2.33. The number of hydrogen-bond donors (Lipinski definition) is 1. The second-order valence-electron chi connectivity index (χ2n) is 4.59. The minimum Gasteiger partial charge on any atom is -0.480 e. The zero-order chi connectivity index (χ0) is 11.8. The molecule has 3 heterocycles. The van der Waals surface area contributed by atoms with Gasteiger partial charge < -0.3 is 9.84 Å². The minimum atomic E-state index is -0.801. The highest BCUT2D eigenvalue weighted by molar-refractivity contribution is 5.72. The standard InChI is InChI=1S/C11H15N3O3/c15-11(16)7-3-1-5-9-12-13-10(14(7)9)8-4-2-6-17-8/h7-8H,1-6H2,(H,15,16). The molecular weight excluding hydrogens is 222 g/mol. The monoisotopic (exact) mass is 237 g/mol. The Hall–Kier alpha value is -1.43. The smallest absolute Gasteiger partial charge is 0.326 e. The van der Waals surface area contributed by atoms with Crippen molar-refractivity contribution in [3.63, 3.8) is 0 Å². The highest BCUT2D eigenvalue weighted by Gasteiger charge is 2.33. The van der Waals surface area contributed by atoms with Crippen molar-refractivity contribution in [1.82, 2.24) is 14.8 Å². The van der Waals surface area contributed by atoms with Crippen molar-refractivity contribution < 1.29 is 14.6 Å². The van der Waals surface area contributed by atoms with E-state index in [1.807, 2.05) is 0 Å². The number of carbonyl (C=O) groups is 1. The van der Waals surface area contributed by atoms with Gasteiger partial charge in [0.1, 0.15) is 18.0 Å². The molecule has 2 aliphatic heterocycles. The molecule has 0 aliphatic carbocycles. The fourth-order valence-corrected chi connectivity index (χ4v) is 2.66. The van der Waals surface area contributed by atoms with E-state index in [1.165, 1.54) is 0 Å². The lowest BCUT2D eigenvalue weighted by atomic mass is 10.0. The number of aromatic nitrogens is 3. The van der Waals surface area contributed by atoms with Crippen LogP contribution >= 0.6 is 0 Å². The average Bonchev–Trinajstić information content (AvgIpc) is 2.96. The van der Waals surface area contributed by atoms with Crippen molar-refractivity contribution in [2.75, 3.05) is 6.61 Å². The quantitative estimate of drug-likeness (QED) is 0.833. The van der Waals surface area contributed by atoms with Crippen LogP contribution in [0.3, 0.4) is 0 Å². The highest BCUT2D eigenvalue weighted by atomic mass is 16.5. The summed E-state index contributed by atoms with van der Waals surface area (Å²) in [6, 6.07) is -0.520. The van der Waals surface area contributed by atoms with Gasteiger partial charge in [0.2, 0.25) is 0 Å². The molecule has 17 heavy (non-hydrogen) atoms. The molecule has 3 rings (SSSR count). The van der Waals surface area contributed by atoms with Crippen LogP contribution in [0, 0.1) is 0 Å². The molecule has 0 bridgehead atoms. The van der Waals surface area contributed by atoms with Crippen molar-refractivity contribution in [2.45, 2.75) is 44.2 Å². The van der Waals surface area contributed by atoms with E-state index in [4.69, 9.17) is 4.74 Å². The van der Waals surface area contributed by atoms with E-state index in [1.54, 1.807) is 4.57 Å². The first-order valence-corrected chi connectivity index (χ1v) is 6.05. The fourth-order valence-electron chi connectivity index (χ4n) is 2.66. The maximum absolute atomic E-state index is 11.3.